The van der Waals surface area contributed by atoms with Gasteiger partial charge in [0, 0.05) is 17.9 Å². The van der Waals surface area contributed by atoms with E-state index in [0.717, 1.165) is 20.7 Å². The Morgan fingerprint density at radius 1 is 1.50 bits per heavy atom. The van der Waals surface area contributed by atoms with E-state index in [2.05, 4.69) is 15.3 Å². The summed E-state index contributed by atoms with van der Waals surface area (Å²) in [6.45, 7) is 4.61. The van der Waals surface area contributed by atoms with Gasteiger partial charge in [0.1, 0.15) is 17.0 Å². The van der Waals surface area contributed by atoms with Crippen LogP contribution in [0.25, 0.3) is 10.2 Å². The summed E-state index contributed by atoms with van der Waals surface area (Å²) in [4.78, 5) is 22.1. The van der Waals surface area contributed by atoms with Crippen LogP contribution in [0, 0.1) is 13.8 Å². The molecule has 0 aliphatic carbocycles. The highest BCUT2D eigenvalue weighted by Gasteiger charge is 2.43. The van der Waals surface area contributed by atoms with Crippen LogP contribution < -0.4 is 5.32 Å². The highest BCUT2D eigenvalue weighted by atomic mass is 32.1. The molecule has 0 radical (unpaired) electrons. The molecule has 2 N–H and O–H groups in total. The fraction of sp³-hybridized carbons (Fsp3) is 0.462. The summed E-state index contributed by atoms with van der Waals surface area (Å²) in [6, 6.07) is 0. The quantitative estimate of drug-likeness (QED) is 0.900. The fourth-order valence-corrected chi connectivity index (χ4v) is 3.39. The second kappa shape index (κ2) is 4.68. The predicted molar refractivity (Wildman–Crippen MR) is 76.3 cm³/mol. The van der Waals surface area contributed by atoms with Crippen molar-refractivity contribution >= 4 is 33.3 Å². The molecule has 0 amide bonds. The minimum absolute atomic E-state index is 0.149. The van der Waals surface area contributed by atoms with E-state index in [1.165, 1.54) is 6.33 Å². The molecule has 0 saturated carbocycles. The maximum Gasteiger partial charge on any atom is 0.331 e. The van der Waals surface area contributed by atoms with Crippen LogP contribution in [-0.2, 0) is 9.53 Å². The van der Waals surface area contributed by atoms with Gasteiger partial charge >= 0.3 is 5.97 Å². The smallest absolute Gasteiger partial charge is 0.331 e. The first kappa shape index (κ1) is 13.3. The van der Waals surface area contributed by atoms with Gasteiger partial charge in [0.25, 0.3) is 0 Å². The van der Waals surface area contributed by atoms with E-state index in [0.29, 0.717) is 18.8 Å². The molecule has 3 heterocycles. The molecule has 1 unspecified atom stereocenters. The van der Waals surface area contributed by atoms with Crippen LogP contribution in [0.4, 0.5) is 5.82 Å². The molecule has 20 heavy (non-hydrogen) atoms. The molecule has 1 atom stereocenters. The van der Waals surface area contributed by atoms with E-state index in [4.69, 9.17) is 4.74 Å². The number of anilines is 1. The lowest BCUT2D eigenvalue weighted by Crippen LogP contribution is -2.47. The Balaban J connectivity index is 2.08. The first-order valence-electron chi connectivity index (χ1n) is 6.33. The zero-order valence-electron chi connectivity index (χ0n) is 11.3. The summed E-state index contributed by atoms with van der Waals surface area (Å²) < 4.78 is 5.26. The summed E-state index contributed by atoms with van der Waals surface area (Å²) in [5.41, 5.74) is -0.00336. The third-order valence-electron chi connectivity index (χ3n) is 3.75. The number of nitrogens with one attached hydrogen (secondary N) is 1. The van der Waals surface area contributed by atoms with Gasteiger partial charge in [-0.05, 0) is 19.4 Å². The van der Waals surface area contributed by atoms with Crippen molar-refractivity contribution in [2.24, 2.45) is 0 Å². The van der Waals surface area contributed by atoms with E-state index < -0.39 is 11.5 Å². The summed E-state index contributed by atoms with van der Waals surface area (Å²) in [5.74, 6) is -0.337. The maximum absolute atomic E-state index is 11.6. The van der Waals surface area contributed by atoms with Crippen LogP contribution in [0.3, 0.4) is 0 Å². The molecule has 6 nitrogen and oxygen atoms in total. The third-order valence-corrected chi connectivity index (χ3v) is 4.87. The van der Waals surface area contributed by atoms with E-state index in [1.54, 1.807) is 11.3 Å². The zero-order chi connectivity index (χ0) is 14.3. The summed E-state index contributed by atoms with van der Waals surface area (Å²) >= 11 is 1.59. The molecule has 1 aliphatic rings. The molecule has 1 aliphatic heterocycles. The molecular formula is C13H15N3O3S. The van der Waals surface area contributed by atoms with Gasteiger partial charge in [-0.1, -0.05) is 0 Å². The number of carboxylic acid groups (broad SMARTS) is 1. The number of thiophene rings is 1. The van der Waals surface area contributed by atoms with Gasteiger partial charge in [-0.3, -0.25) is 0 Å². The molecule has 106 valence electrons. The molecule has 2 aromatic rings. The Morgan fingerprint density at radius 2 is 2.30 bits per heavy atom. The van der Waals surface area contributed by atoms with Gasteiger partial charge in [-0.15, -0.1) is 11.3 Å². The predicted octanol–water partition coefficient (Wildman–Crippen LogP) is 1.96. The average molecular weight is 293 g/mol. The molecule has 0 bridgehead atoms. The van der Waals surface area contributed by atoms with Gasteiger partial charge in [-0.2, -0.15) is 0 Å². The Kier molecular flexibility index (Phi) is 3.10. The van der Waals surface area contributed by atoms with E-state index in [-0.39, 0.29) is 6.61 Å². The van der Waals surface area contributed by atoms with Crippen LogP contribution in [0.15, 0.2) is 6.33 Å². The Hall–Kier alpha value is -1.73. The number of carbonyl (C=O) groups is 1. The third kappa shape index (κ3) is 1.94. The van der Waals surface area contributed by atoms with Crippen molar-refractivity contribution in [1.29, 1.82) is 0 Å². The number of rotatable bonds is 3. The number of ether oxygens (including phenoxy) is 1. The zero-order valence-corrected chi connectivity index (χ0v) is 12.1. The van der Waals surface area contributed by atoms with Crippen LogP contribution >= 0.6 is 11.3 Å². The number of hydrogen-bond acceptors (Lipinski definition) is 6. The molecule has 2 aromatic heterocycles. The molecule has 7 heteroatoms. The van der Waals surface area contributed by atoms with E-state index >= 15 is 0 Å². The van der Waals surface area contributed by atoms with Crippen LogP contribution in [0.5, 0.6) is 0 Å². The highest BCUT2D eigenvalue weighted by molar-refractivity contribution is 7.18. The molecule has 1 saturated heterocycles. The van der Waals surface area contributed by atoms with Crippen LogP contribution in [-0.4, -0.2) is 39.8 Å². The SMILES string of the molecule is Cc1sc2ncnc(NC3(C(=O)O)CCOC3)c2c1C. The standard InChI is InChI=1S/C13H15N3O3S/c1-7-8(2)20-11-9(7)10(14-6-15-11)16-13(12(17)18)3-4-19-5-13/h6H,3-5H2,1-2H3,(H,17,18)(H,14,15,16). The summed E-state index contributed by atoms with van der Waals surface area (Å²) in [6.07, 6.45) is 1.89. The number of aryl methyl sites for hydroxylation is 2. The molecule has 0 spiro atoms. The van der Waals surface area contributed by atoms with Gasteiger partial charge in [-0.25, -0.2) is 14.8 Å². The van der Waals surface area contributed by atoms with Crippen LogP contribution in [0.2, 0.25) is 0 Å². The van der Waals surface area contributed by atoms with Crippen molar-refractivity contribution in [3.05, 3.63) is 16.8 Å². The van der Waals surface area contributed by atoms with Gasteiger partial charge in [0.15, 0.2) is 5.54 Å². The largest absolute Gasteiger partial charge is 0.479 e. The molecular weight excluding hydrogens is 278 g/mol. The Bertz CT molecular complexity index is 677. The van der Waals surface area contributed by atoms with Gasteiger partial charge in [0.2, 0.25) is 0 Å². The summed E-state index contributed by atoms with van der Waals surface area (Å²) in [7, 11) is 0. The monoisotopic (exact) mass is 293 g/mol. The topological polar surface area (TPSA) is 84.3 Å². The fourth-order valence-electron chi connectivity index (χ4n) is 2.39. The first-order valence-corrected chi connectivity index (χ1v) is 7.15. The van der Waals surface area contributed by atoms with E-state index in [1.807, 2.05) is 13.8 Å². The average Bonchev–Trinajstić information content (AvgIpc) is 2.98. The molecule has 3 rings (SSSR count). The van der Waals surface area contributed by atoms with Crippen molar-refractivity contribution in [1.82, 2.24) is 9.97 Å². The lowest BCUT2D eigenvalue weighted by Gasteiger charge is -2.24. The number of aliphatic carboxylic acids is 1. The lowest BCUT2D eigenvalue weighted by molar-refractivity contribution is -0.142. The van der Waals surface area contributed by atoms with Crippen molar-refractivity contribution in [2.45, 2.75) is 25.8 Å². The summed E-state index contributed by atoms with van der Waals surface area (Å²) in [5, 5.41) is 13.5. The highest BCUT2D eigenvalue weighted by Crippen LogP contribution is 2.34. The van der Waals surface area contributed by atoms with Crippen molar-refractivity contribution in [3.63, 3.8) is 0 Å². The second-order valence-electron chi connectivity index (χ2n) is 5.00. The minimum Gasteiger partial charge on any atom is -0.479 e. The van der Waals surface area contributed by atoms with Gasteiger partial charge < -0.3 is 15.2 Å². The maximum atomic E-state index is 11.6. The van der Waals surface area contributed by atoms with Crippen LogP contribution in [0.1, 0.15) is 16.9 Å². The Morgan fingerprint density at radius 3 is 2.95 bits per heavy atom. The van der Waals surface area contributed by atoms with Gasteiger partial charge in [0.05, 0.1) is 12.0 Å². The number of fused-ring (bicyclic) bond motifs is 1. The number of carboxylic acids is 1. The molecule has 0 aromatic carbocycles. The first-order chi connectivity index (χ1) is 9.53. The number of aromatic nitrogens is 2. The normalized spacial score (nSPS) is 22.3. The number of nitrogens with zero attached hydrogens (tertiary/aromatic N) is 2. The Labute approximate surface area is 119 Å². The second-order valence-corrected chi connectivity index (χ2v) is 6.20. The van der Waals surface area contributed by atoms with E-state index in [9.17, 15) is 9.90 Å². The van der Waals surface area contributed by atoms with Crippen molar-refractivity contribution in [2.75, 3.05) is 18.5 Å². The number of hydrogen-bond donors (Lipinski definition) is 2. The lowest BCUT2D eigenvalue weighted by atomic mass is 9.99. The molecule has 1 fully saturated rings. The minimum atomic E-state index is -1.09. The van der Waals surface area contributed by atoms with Crippen molar-refractivity contribution < 1.29 is 14.6 Å². The van der Waals surface area contributed by atoms with Crippen molar-refractivity contribution in [3.8, 4) is 0 Å².